The second-order valence-corrected chi connectivity index (χ2v) is 4.10. The first kappa shape index (κ1) is 14.3. The number of urea groups is 1. The lowest BCUT2D eigenvalue weighted by Gasteiger charge is -2.14. The zero-order valence-electron chi connectivity index (χ0n) is 10.3. The van der Waals surface area contributed by atoms with Crippen molar-refractivity contribution in [2.75, 3.05) is 11.9 Å². The number of halogens is 1. The molecule has 0 unspecified atom stereocenters. The molecule has 3 N–H and O–H groups in total. The Kier molecular flexibility index (Phi) is 5.45. The van der Waals surface area contributed by atoms with Crippen molar-refractivity contribution in [1.82, 2.24) is 10.6 Å². The van der Waals surface area contributed by atoms with Gasteiger partial charge >= 0.3 is 6.03 Å². The minimum Gasteiger partial charge on any atom is -0.355 e. The van der Waals surface area contributed by atoms with Gasteiger partial charge in [-0.3, -0.25) is 4.79 Å². The van der Waals surface area contributed by atoms with Crippen molar-refractivity contribution in [1.29, 1.82) is 0 Å². The topological polar surface area (TPSA) is 70.2 Å². The zero-order valence-corrected chi connectivity index (χ0v) is 11.0. The number of likely N-dealkylation sites (N-methyl/N-ethyl adjacent to an activating group) is 1. The summed E-state index contributed by atoms with van der Waals surface area (Å²) in [6.07, 6.45) is 0. The third-order valence-corrected chi connectivity index (χ3v) is 2.54. The van der Waals surface area contributed by atoms with Gasteiger partial charge in [-0.15, -0.1) is 0 Å². The predicted octanol–water partition coefficient (Wildman–Crippen LogP) is 1.99. The predicted molar refractivity (Wildman–Crippen MR) is 71.8 cm³/mol. The number of carbonyl (C=O) groups excluding carboxylic acids is 2. The first-order valence-corrected chi connectivity index (χ1v) is 6.02. The van der Waals surface area contributed by atoms with Gasteiger partial charge in [0.25, 0.3) is 0 Å². The lowest BCUT2D eigenvalue weighted by atomic mass is 10.3. The number of para-hydroxylation sites is 1. The number of anilines is 1. The molecule has 3 amide bonds. The summed E-state index contributed by atoms with van der Waals surface area (Å²) in [4.78, 5) is 23.0. The van der Waals surface area contributed by atoms with Gasteiger partial charge in [-0.2, -0.15) is 0 Å². The molecule has 0 aliphatic carbocycles. The van der Waals surface area contributed by atoms with Gasteiger partial charge in [0, 0.05) is 6.54 Å². The highest BCUT2D eigenvalue weighted by molar-refractivity contribution is 6.33. The van der Waals surface area contributed by atoms with Crippen LogP contribution in [0, 0.1) is 0 Å². The molecular weight excluding hydrogens is 254 g/mol. The van der Waals surface area contributed by atoms with Gasteiger partial charge in [-0.05, 0) is 26.0 Å². The van der Waals surface area contributed by atoms with E-state index in [1.165, 1.54) is 0 Å². The summed E-state index contributed by atoms with van der Waals surface area (Å²) in [5, 5.41) is 8.16. The van der Waals surface area contributed by atoms with Crippen molar-refractivity contribution in [3.05, 3.63) is 29.3 Å². The highest BCUT2D eigenvalue weighted by Crippen LogP contribution is 2.19. The molecule has 0 radical (unpaired) electrons. The molecule has 1 atom stereocenters. The first-order chi connectivity index (χ1) is 8.54. The van der Waals surface area contributed by atoms with Crippen LogP contribution in [0.3, 0.4) is 0 Å². The van der Waals surface area contributed by atoms with E-state index in [2.05, 4.69) is 16.0 Å². The molecule has 0 fully saturated rings. The van der Waals surface area contributed by atoms with E-state index in [1.54, 1.807) is 31.2 Å². The minimum atomic E-state index is -0.604. The maximum absolute atomic E-state index is 11.6. The Bertz CT molecular complexity index is 437. The molecule has 0 aliphatic rings. The fraction of sp³-hybridized carbons (Fsp3) is 0.333. The summed E-state index contributed by atoms with van der Waals surface area (Å²) in [7, 11) is 0. The zero-order chi connectivity index (χ0) is 13.5. The summed E-state index contributed by atoms with van der Waals surface area (Å²) >= 11 is 5.90. The maximum atomic E-state index is 11.6. The summed E-state index contributed by atoms with van der Waals surface area (Å²) in [5.74, 6) is -0.230. The van der Waals surface area contributed by atoms with Gasteiger partial charge in [0.15, 0.2) is 0 Å². The van der Waals surface area contributed by atoms with Crippen molar-refractivity contribution in [2.45, 2.75) is 19.9 Å². The molecule has 1 aromatic carbocycles. The van der Waals surface area contributed by atoms with Crippen LogP contribution in [0.15, 0.2) is 24.3 Å². The molecule has 5 nitrogen and oxygen atoms in total. The van der Waals surface area contributed by atoms with E-state index in [4.69, 9.17) is 11.6 Å². The quantitative estimate of drug-likeness (QED) is 0.782. The second-order valence-electron chi connectivity index (χ2n) is 3.69. The van der Waals surface area contributed by atoms with Crippen molar-refractivity contribution >= 4 is 29.2 Å². The van der Waals surface area contributed by atoms with E-state index in [0.29, 0.717) is 17.3 Å². The average Bonchev–Trinajstić information content (AvgIpc) is 2.32. The lowest BCUT2D eigenvalue weighted by Crippen LogP contribution is -2.46. The molecule has 0 saturated heterocycles. The average molecular weight is 270 g/mol. The summed E-state index contributed by atoms with van der Waals surface area (Å²) in [5.41, 5.74) is 0.500. The van der Waals surface area contributed by atoms with E-state index in [0.717, 1.165) is 0 Å². The highest BCUT2D eigenvalue weighted by atomic mass is 35.5. The normalized spacial score (nSPS) is 11.5. The molecular formula is C12H16ClN3O2. The molecule has 0 aromatic heterocycles. The third-order valence-electron chi connectivity index (χ3n) is 2.21. The van der Waals surface area contributed by atoms with E-state index in [9.17, 15) is 9.59 Å². The van der Waals surface area contributed by atoms with Crippen LogP contribution in [0.1, 0.15) is 13.8 Å². The Labute approximate surface area is 111 Å². The number of rotatable bonds is 4. The number of amides is 3. The van der Waals surface area contributed by atoms with Crippen LogP contribution in [0.2, 0.25) is 5.02 Å². The Morgan fingerprint density at radius 2 is 2.00 bits per heavy atom. The van der Waals surface area contributed by atoms with Gasteiger partial charge in [-0.25, -0.2) is 4.79 Å². The fourth-order valence-electron chi connectivity index (χ4n) is 1.31. The van der Waals surface area contributed by atoms with Crippen LogP contribution in [-0.2, 0) is 4.79 Å². The minimum absolute atomic E-state index is 0.230. The van der Waals surface area contributed by atoms with Crippen LogP contribution in [0.4, 0.5) is 10.5 Å². The van der Waals surface area contributed by atoms with Crippen molar-refractivity contribution in [3.8, 4) is 0 Å². The second kappa shape index (κ2) is 6.86. The Hall–Kier alpha value is -1.75. The largest absolute Gasteiger partial charge is 0.355 e. The number of hydrogen-bond donors (Lipinski definition) is 3. The monoisotopic (exact) mass is 269 g/mol. The van der Waals surface area contributed by atoms with Crippen LogP contribution in [0.5, 0.6) is 0 Å². The molecule has 0 saturated carbocycles. The van der Waals surface area contributed by atoms with Crippen molar-refractivity contribution in [2.24, 2.45) is 0 Å². The summed E-state index contributed by atoms with van der Waals surface area (Å²) < 4.78 is 0. The van der Waals surface area contributed by atoms with E-state index in [-0.39, 0.29) is 5.91 Å². The molecule has 0 heterocycles. The van der Waals surface area contributed by atoms with Gasteiger partial charge in [0.05, 0.1) is 10.7 Å². The Balaban J connectivity index is 2.52. The number of nitrogens with one attached hydrogen (secondary N) is 3. The van der Waals surface area contributed by atoms with Gasteiger partial charge < -0.3 is 16.0 Å². The van der Waals surface area contributed by atoms with Crippen LogP contribution < -0.4 is 16.0 Å². The molecule has 0 spiro atoms. The third kappa shape index (κ3) is 4.25. The van der Waals surface area contributed by atoms with E-state index in [1.807, 2.05) is 6.92 Å². The number of hydrogen-bond acceptors (Lipinski definition) is 2. The smallest absolute Gasteiger partial charge is 0.319 e. The summed E-state index contributed by atoms with van der Waals surface area (Å²) in [6, 6.07) is 5.80. The van der Waals surface area contributed by atoms with Gasteiger partial charge in [0.2, 0.25) is 5.91 Å². The molecule has 6 heteroatoms. The fourth-order valence-corrected chi connectivity index (χ4v) is 1.49. The molecule has 0 bridgehead atoms. The molecule has 1 aromatic rings. The van der Waals surface area contributed by atoms with E-state index >= 15 is 0 Å². The van der Waals surface area contributed by atoms with E-state index < -0.39 is 12.1 Å². The molecule has 0 aliphatic heterocycles. The molecule has 18 heavy (non-hydrogen) atoms. The number of benzene rings is 1. The van der Waals surface area contributed by atoms with Gasteiger partial charge in [0.1, 0.15) is 6.04 Å². The Morgan fingerprint density at radius 1 is 1.33 bits per heavy atom. The number of carbonyl (C=O) groups is 2. The lowest BCUT2D eigenvalue weighted by molar-refractivity contribution is -0.122. The van der Waals surface area contributed by atoms with Gasteiger partial charge in [-0.1, -0.05) is 23.7 Å². The van der Waals surface area contributed by atoms with Crippen molar-refractivity contribution < 1.29 is 9.59 Å². The molecule has 1 rings (SSSR count). The molecule has 98 valence electrons. The Morgan fingerprint density at radius 3 is 2.61 bits per heavy atom. The standard InChI is InChI=1S/C12H16ClN3O2/c1-3-14-11(17)8(2)15-12(18)16-10-7-5-4-6-9(10)13/h4-8H,3H2,1-2H3,(H,14,17)(H2,15,16,18)/t8-/m1/s1. The summed E-state index contributed by atoms with van der Waals surface area (Å²) in [6.45, 7) is 3.95. The van der Waals surface area contributed by atoms with Crippen molar-refractivity contribution in [3.63, 3.8) is 0 Å². The maximum Gasteiger partial charge on any atom is 0.319 e. The van der Waals surface area contributed by atoms with Crippen LogP contribution >= 0.6 is 11.6 Å². The first-order valence-electron chi connectivity index (χ1n) is 5.64. The van der Waals surface area contributed by atoms with Crippen LogP contribution in [0.25, 0.3) is 0 Å². The SMILES string of the molecule is CCNC(=O)[C@@H](C)NC(=O)Nc1ccccc1Cl. The van der Waals surface area contributed by atoms with Crippen LogP contribution in [-0.4, -0.2) is 24.5 Å². The highest BCUT2D eigenvalue weighted by Gasteiger charge is 2.14.